The summed E-state index contributed by atoms with van der Waals surface area (Å²) in [5.41, 5.74) is 4.52. The number of alkyl halides is 3. The number of halogens is 5. The third-order valence-corrected chi connectivity index (χ3v) is 2.85. The van der Waals surface area contributed by atoms with E-state index in [1.54, 1.807) is 0 Å². The zero-order chi connectivity index (χ0) is 14.9. The predicted molar refractivity (Wildman–Crippen MR) is 70.2 cm³/mol. The summed E-state index contributed by atoms with van der Waals surface area (Å²) >= 11 is 11.6. The van der Waals surface area contributed by atoms with Gasteiger partial charge in [-0.05, 0) is 24.3 Å². The Bertz CT molecular complexity index is 647. The fraction of sp³-hybridized carbons (Fsp3) is 0.0833. The van der Waals surface area contributed by atoms with Crippen LogP contribution in [0.1, 0.15) is 5.56 Å². The summed E-state index contributed by atoms with van der Waals surface area (Å²) < 4.78 is 43.0. The van der Waals surface area contributed by atoms with Gasteiger partial charge in [-0.15, -0.1) is 0 Å². The molecule has 0 saturated heterocycles. The van der Waals surface area contributed by atoms with Crippen molar-refractivity contribution in [2.24, 2.45) is 0 Å². The standard InChI is InChI=1S/C12H7Cl2F3N2O/c13-7-1-2-9(8(14)4-7)20-10-3-6(12(15,16)17)5-19-11(10)18/h1-5H,(H2,18,19). The van der Waals surface area contributed by atoms with Crippen LogP contribution in [0.4, 0.5) is 19.0 Å². The lowest BCUT2D eigenvalue weighted by Gasteiger charge is -2.12. The lowest BCUT2D eigenvalue weighted by Crippen LogP contribution is -2.07. The van der Waals surface area contributed by atoms with Crippen LogP contribution in [0.15, 0.2) is 30.5 Å². The maximum absolute atomic E-state index is 12.6. The van der Waals surface area contributed by atoms with Gasteiger partial charge in [-0.25, -0.2) is 4.98 Å². The van der Waals surface area contributed by atoms with Crippen molar-refractivity contribution in [3.8, 4) is 11.5 Å². The number of nitrogens with two attached hydrogens (primary N) is 1. The van der Waals surface area contributed by atoms with Crippen LogP contribution in [-0.2, 0) is 6.18 Å². The van der Waals surface area contributed by atoms with E-state index < -0.39 is 11.7 Å². The molecule has 1 heterocycles. The van der Waals surface area contributed by atoms with Crippen LogP contribution in [0.25, 0.3) is 0 Å². The fourth-order valence-electron chi connectivity index (χ4n) is 1.37. The van der Waals surface area contributed by atoms with Gasteiger partial charge in [0.25, 0.3) is 0 Å². The molecule has 0 spiro atoms. The zero-order valence-corrected chi connectivity index (χ0v) is 11.2. The topological polar surface area (TPSA) is 48.1 Å². The minimum absolute atomic E-state index is 0.129. The maximum Gasteiger partial charge on any atom is 0.418 e. The van der Waals surface area contributed by atoms with Gasteiger partial charge < -0.3 is 10.5 Å². The summed E-state index contributed by atoms with van der Waals surface area (Å²) in [7, 11) is 0. The molecule has 0 unspecified atom stereocenters. The highest BCUT2D eigenvalue weighted by atomic mass is 35.5. The molecule has 1 aromatic heterocycles. The highest BCUT2D eigenvalue weighted by Gasteiger charge is 2.32. The molecule has 0 aliphatic heterocycles. The number of rotatable bonds is 2. The molecule has 1 aromatic carbocycles. The Balaban J connectivity index is 2.38. The molecule has 2 rings (SSSR count). The van der Waals surface area contributed by atoms with Crippen LogP contribution in [0.3, 0.4) is 0 Å². The summed E-state index contributed by atoms with van der Waals surface area (Å²) in [6, 6.07) is 5.06. The lowest BCUT2D eigenvalue weighted by atomic mass is 10.2. The summed E-state index contributed by atoms with van der Waals surface area (Å²) in [5.74, 6) is -0.281. The number of hydrogen-bond donors (Lipinski definition) is 1. The van der Waals surface area contributed by atoms with Gasteiger partial charge in [-0.2, -0.15) is 13.2 Å². The average molecular weight is 323 g/mol. The number of anilines is 1. The second-order valence-corrected chi connectivity index (χ2v) is 4.63. The van der Waals surface area contributed by atoms with Crippen molar-refractivity contribution < 1.29 is 17.9 Å². The molecule has 0 aliphatic rings. The van der Waals surface area contributed by atoms with E-state index in [1.807, 2.05) is 0 Å². The van der Waals surface area contributed by atoms with E-state index >= 15 is 0 Å². The number of ether oxygens (including phenoxy) is 1. The monoisotopic (exact) mass is 322 g/mol. The zero-order valence-electron chi connectivity index (χ0n) is 9.71. The van der Waals surface area contributed by atoms with E-state index in [9.17, 15) is 13.2 Å². The van der Waals surface area contributed by atoms with Crippen molar-refractivity contribution in [2.75, 3.05) is 5.73 Å². The van der Waals surface area contributed by atoms with Crippen LogP contribution in [-0.4, -0.2) is 4.98 Å². The van der Waals surface area contributed by atoms with Gasteiger partial charge in [0.2, 0.25) is 0 Å². The van der Waals surface area contributed by atoms with Gasteiger partial charge in [0, 0.05) is 11.2 Å². The summed E-state index contributed by atoms with van der Waals surface area (Å²) in [4.78, 5) is 3.45. The van der Waals surface area contributed by atoms with Gasteiger partial charge in [-0.1, -0.05) is 23.2 Å². The fourth-order valence-corrected chi connectivity index (χ4v) is 1.82. The van der Waals surface area contributed by atoms with Gasteiger partial charge in [0.1, 0.15) is 5.75 Å². The first-order valence-electron chi connectivity index (χ1n) is 5.23. The first-order valence-corrected chi connectivity index (χ1v) is 5.98. The Morgan fingerprint density at radius 1 is 1.10 bits per heavy atom. The van der Waals surface area contributed by atoms with Crippen molar-refractivity contribution in [3.05, 3.63) is 46.1 Å². The highest BCUT2D eigenvalue weighted by Crippen LogP contribution is 2.37. The molecule has 0 radical (unpaired) electrons. The van der Waals surface area contributed by atoms with Crippen molar-refractivity contribution in [1.82, 2.24) is 4.98 Å². The van der Waals surface area contributed by atoms with Gasteiger partial charge in [0.15, 0.2) is 11.6 Å². The molecule has 0 fully saturated rings. The number of benzene rings is 1. The van der Waals surface area contributed by atoms with Crippen molar-refractivity contribution in [3.63, 3.8) is 0 Å². The van der Waals surface area contributed by atoms with Crippen LogP contribution in [0.2, 0.25) is 10.0 Å². The Morgan fingerprint density at radius 3 is 2.40 bits per heavy atom. The van der Waals surface area contributed by atoms with E-state index in [2.05, 4.69) is 4.98 Å². The SMILES string of the molecule is Nc1ncc(C(F)(F)F)cc1Oc1ccc(Cl)cc1Cl. The Hall–Kier alpha value is -1.66. The predicted octanol–water partition coefficient (Wildman–Crippen LogP) is 4.78. The van der Waals surface area contributed by atoms with E-state index in [0.717, 1.165) is 6.07 Å². The molecule has 0 atom stereocenters. The van der Waals surface area contributed by atoms with Crippen LogP contribution in [0.5, 0.6) is 11.5 Å². The van der Waals surface area contributed by atoms with Crippen LogP contribution >= 0.6 is 23.2 Å². The van der Waals surface area contributed by atoms with Crippen LogP contribution < -0.4 is 10.5 Å². The molecule has 2 N–H and O–H groups in total. The number of hydrogen-bond acceptors (Lipinski definition) is 3. The normalized spacial score (nSPS) is 11.4. The quantitative estimate of drug-likeness (QED) is 0.865. The van der Waals surface area contributed by atoms with Crippen LogP contribution in [0, 0.1) is 0 Å². The second-order valence-electron chi connectivity index (χ2n) is 3.78. The summed E-state index contributed by atoms with van der Waals surface area (Å²) in [6.07, 6.45) is -3.91. The van der Waals surface area contributed by atoms with Gasteiger partial charge in [0.05, 0.1) is 10.6 Å². The molecule has 0 amide bonds. The number of aromatic nitrogens is 1. The third kappa shape index (κ3) is 3.26. The van der Waals surface area contributed by atoms with Crippen molar-refractivity contribution >= 4 is 29.0 Å². The first kappa shape index (κ1) is 14.7. The largest absolute Gasteiger partial charge is 0.452 e. The molecule has 0 aliphatic carbocycles. The van der Waals surface area contributed by atoms with Gasteiger partial charge in [-0.3, -0.25) is 0 Å². The number of nitrogens with zero attached hydrogens (tertiary/aromatic N) is 1. The van der Waals surface area contributed by atoms with E-state index in [1.165, 1.54) is 18.2 Å². The minimum atomic E-state index is -4.54. The first-order chi connectivity index (χ1) is 9.27. The second kappa shape index (κ2) is 5.38. The summed E-state index contributed by atoms with van der Waals surface area (Å²) in [5, 5.41) is 0.520. The highest BCUT2D eigenvalue weighted by molar-refractivity contribution is 6.35. The molecule has 3 nitrogen and oxygen atoms in total. The summed E-state index contributed by atoms with van der Waals surface area (Å²) in [6.45, 7) is 0. The third-order valence-electron chi connectivity index (χ3n) is 2.32. The van der Waals surface area contributed by atoms with E-state index in [0.29, 0.717) is 11.2 Å². The van der Waals surface area contributed by atoms with E-state index in [-0.39, 0.29) is 22.3 Å². The molecule has 0 saturated carbocycles. The maximum atomic E-state index is 12.6. The Morgan fingerprint density at radius 2 is 1.80 bits per heavy atom. The average Bonchev–Trinajstić information content (AvgIpc) is 2.33. The number of pyridine rings is 1. The Kier molecular flexibility index (Phi) is 3.96. The van der Waals surface area contributed by atoms with Gasteiger partial charge >= 0.3 is 6.18 Å². The molecule has 2 aromatic rings. The Labute approximate surface area is 122 Å². The molecule has 0 bridgehead atoms. The molecule has 20 heavy (non-hydrogen) atoms. The lowest BCUT2D eigenvalue weighted by molar-refractivity contribution is -0.137. The smallest absolute Gasteiger partial charge is 0.418 e. The van der Waals surface area contributed by atoms with Crippen molar-refractivity contribution in [2.45, 2.75) is 6.18 Å². The molecule has 8 heteroatoms. The molecular weight excluding hydrogens is 316 g/mol. The minimum Gasteiger partial charge on any atom is -0.452 e. The molecule has 106 valence electrons. The molecular formula is C12H7Cl2F3N2O. The number of nitrogen functional groups attached to an aromatic ring is 1. The van der Waals surface area contributed by atoms with Crippen molar-refractivity contribution in [1.29, 1.82) is 0 Å². The van der Waals surface area contributed by atoms with E-state index in [4.69, 9.17) is 33.7 Å².